The Kier molecular flexibility index (Phi) is 5.94. The molecular formula is C24H30FN5O. The van der Waals surface area contributed by atoms with Gasteiger partial charge in [0, 0.05) is 12.2 Å². The van der Waals surface area contributed by atoms with Crippen LogP contribution in [-0.2, 0) is 17.6 Å². The molecule has 0 saturated heterocycles. The van der Waals surface area contributed by atoms with Gasteiger partial charge in [-0.25, -0.2) is 9.07 Å². The Morgan fingerprint density at radius 2 is 1.90 bits per heavy atom. The minimum absolute atomic E-state index is 0.0533. The van der Waals surface area contributed by atoms with Crippen molar-refractivity contribution < 1.29 is 9.18 Å². The molecule has 0 radical (unpaired) electrons. The molecular weight excluding hydrogens is 393 g/mol. The topological polar surface area (TPSA) is 56.0 Å². The minimum Gasteiger partial charge on any atom is -0.307 e. The van der Waals surface area contributed by atoms with Gasteiger partial charge in [0.1, 0.15) is 11.9 Å². The van der Waals surface area contributed by atoms with Gasteiger partial charge in [-0.05, 0) is 75.8 Å². The normalized spacial score (nSPS) is 14.9. The SMILES string of the molecule is CCc1c(C)nn([C@H](CC)C(=O)N2CCCCc3c2cnn3-c2ccc(F)cc2)c1C. The van der Waals surface area contributed by atoms with Crippen LogP contribution in [0.3, 0.4) is 0 Å². The van der Waals surface area contributed by atoms with Crippen LogP contribution in [0.15, 0.2) is 30.5 Å². The third-order valence-corrected chi connectivity index (χ3v) is 6.32. The number of aryl methyl sites for hydroxylation is 1. The second kappa shape index (κ2) is 8.65. The Bertz CT molecular complexity index is 1080. The van der Waals surface area contributed by atoms with Crippen LogP contribution in [0, 0.1) is 19.7 Å². The summed E-state index contributed by atoms with van der Waals surface area (Å²) in [6.45, 7) is 8.88. The van der Waals surface area contributed by atoms with Crippen molar-refractivity contribution in [2.24, 2.45) is 0 Å². The molecule has 1 atom stereocenters. The highest BCUT2D eigenvalue weighted by Gasteiger charge is 2.32. The summed E-state index contributed by atoms with van der Waals surface area (Å²) >= 11 is 0. The van der Waals surface area contributed by atoms with Gasteiger partial charge in [0.25, 0.3) is 5.91 Å². The Labute approximate surface area is 182 Å². The standard InChI is InChI=1S/C24H30FN5O/c1-5-20-16(3)27-29(17(20)4)21(6-2)24(31)28-14-8-7-9-22-23(28)15-26-30(22)19-12-10-18(25)11-13-19/h10-13,15,21H,5-9,14H2,1-4H3/t21-/m1/s1. The van der Waals surface area contributed by atoms with Crippen molar-refractivity contribution in [1.29, 1.82) is 0 Å². The van der Waals surface area contributed by atoms with Gasteiger partial charge in [-0.15, -0.1) is 0 Å². The number of hydrogen-bond donors (Lipinski definition) is 0. The summed E-state index contributed by atoms with van der Waals surface area (Å²) < 4.78 is 17.1. The second-order valence-corrected chi connectivity index (χ2v) is 8.18. The lowest BCUT2D eigenvalue weighted by Crippen LogP contribution is -2.38. The van der Waals surface area contributed by atoms with E-state index in [1.165, 1.54) is 17.7 Å². The summed E-state index contributed by atoms with van der Waals surface area (Å²) in [6.07, 6.45) is 6.07. The minimum atomic E-state index is -0.348. The smallest absolute Gasteiger partial charge is 0.251 e. The molecule has 0 spiro atoms. The number of amides is 1. The first-order valence-corrected chi connectivity index (χ1v) is 11.1. The molecule has 6 nitrogen and oxygen atoms in total. The molecule has 3 heterocycles. The van der Waals surface area contributed by atoms with E-state index in [-0.39, 0.29) is 17.8 Å². The van der Waals surface area contributed by atoms with Gasteiger partial charge in [-0.1, -0.05) is 13.8 Å². The molecule has 31 heavy (non-hydrogen) atoms. The van der Waals surface area contributed by atoms with Crippen LogP contribution >= 0.6 is 0 Å². The molecule has 0 bridgehead atoms. The number of carbonyl (C=O) groups excluding carboxylic acids is 1. The molecule has 0 saturated carbocycles. The molecule has 1 aliphatic rings. The number of anilines is 1. The van der Waals surface area contributed by atoms with Gasteiger partial charge in [0.05, 0.1) is 29.0 Å². The zero-order chi connectivity index (χ0) is 22.1. The molecule has 2 aromatic heterocycles. The van der Waals surface area contributed by atoms with Crippen LogP contribution < -0.4 is 4.90 Å². The van der Waals surface area contributed by atoms with Crippen LogP contribution in [0.25, 0.3) is 5.69 Å². The van der Waals surface area contributed by atoms with Crippen molar-refractivity contribution in [2.45, 2.75) is 65.8 Å². The van der Waals surface area contributed by atoms with Crippen LogP contribution in [0.1, 0.15) is 61.8 Å². The number of rotatable bonds is 5. The van der Waals surface area contributed by atoms with Gasteiger partial charge in [0.2, 0.25) is 0 Å². The molecule has 1 amide bonds. The van der Waals surface area contributed by atoms with Gasteiger partial charge in [-0.2, -0.15) is 10.2 Å². The molecule has 4 rings (SSSR count). The van der Waals surface area contributed by atoms with Crippen molar-refractivity contribution in [3.8, 4) is 5.69 Å². The van der Waals surface area contributed by atoms with E-state index in [4.69, 9.17) is 5.10 Å². The first kappa shape index (κ1) is 21.3. The van der Waals surface area contributed by atoms with Crippen molar-refractivity contribution in [1.82, 2.24) is 19.6 Å². The Morgan fingerprint density at radius 1 is 1.16 bits per heavy atom. The van der Waals surface area contributed by atoms with Gasteiger partial charge >= 0.3 is 0 Å². The van der Waals surface area contributed by atoms with Crippen LogP contribution in [0.2, 0.25) is 0 Å². The highest BCUT2D eigenvalue weighted by atomic mass is 19.1. The summed E-state index contributed by atoms with van der Waals surface area (Å²) in [6, 6.07) is 5.96. The van der Waals surface area contributed by atoms with E-state index in [2.05, 4.69) is 18.9 Å². The quantitative estimate of drug-likeness (QED) is 0.597. The van der Waals surface area contributed by atoms with Gasteiger partial charge in [-0.3, -0.25) is 9.48 Å². The highest BCUT2D eigenvalue weighted by Crippen LogP contribution is 2.31. The number of halogens is 1. The Hall–Kier alpha value is -2.96. The van der Waals surface area contributed by atoms with Crippen molar-refractivity contribution in [2.75, 3.05) is 11.4 Å². The lowest BCUT2D eigenvalue weighted by Gasteiger charge is -2.26. The van der Waals surface area contributed by atoms with Crippen LogP contribution in [0.5, 0.6) is 0 Å². The maximum absolute atomic E-state index is 13.8. The van der Waals surface area contributed by atoms with Crippen molar-refractivity contribution >= 4 is 11.6 Å². The molecule has 1 aliphatic heterocycles. The fourth-order valence-electron chi connectivity index (χ4n) is 4.69. The lowest BCUT2D eigenvalue weighted by molar-refractivity contribution is -0.122. The number of fused-ring (bicyclic) bond motifs is 1. The second-order valence-electron chi connectivity index (χ2n) is 8.18. The molecule has 0 N–H and O–H groups in total. The summed E-state index contributed by atoms with van der Waals surface area (Å²) in [7, 11) is 0. The highest BCUT2D eigenvalue weighted by molar-refractivity contribution is 5.96. The monoisotopic (exact) mass is 423 g/mol. The largest absolute Gasteiger partial charge is 0.307 e. The third kappa shape index (κ3) is 3.77. The van der Waals surface area contributed by atoms with Gasteiger partial charge in [0.15, 0.2) is 0 Å². The molecule has 0 unspecified atom stereocenters. The van der Waals surface area contributed by atoms with E-state index in [1.807, 2.05) is 28.1 Å². The number of aromatic nitrogens is 4. The lowest BCUT2D eigenvalue weighted by atomic mass is 10.1. The molecule has 164 valence electrons. The maximum Gasteiger partial charge on any atom is 0.251 e. The average molecular weight is 424 g/mol. The van der Waals surface area contributed by atoms with Crippen LogP contribution in [0.4, 0.5) is 10.1 Å². The van der Waals surface area contributed by atoms with Crippen LogP contribution in [-0.4, -0.2) is 32.0 Å². The fraction of sp³-hybridized carbons (Fsp3) is 0.458. The third-order valence-electron chi connectivity index (χ3n) is 6.32. The Morgan fingerprint density at radius 3 is 2.55 bits per heavy atom. The average Bonchev–Trinajstić information content (AvgIpc) is 3.21. The summed E-state index contributed by atoms with van der Waals surface area (Å²) in [5.74, 6) is -0.224. The van der Waals surface area contributed by atoms with E-state index in [0.29, 0.717) is 13.0 Å². The summed E-state index contributed by atoms with van der Waals surface area (Å²) in [5.41, 5.74) is 5.92. The number of hydrogen-bond acceptors (Lipinski definition) is 3. The maximum atomic E-state index is 13.8. The summed E-state index contributed by atoms with van der Waals surface area (Å²) in [5, 5.41) is 9.28. The van der Waals surface area contributed by atoms with E-state index in [0.717, 1.165) is 54.1 Å². The molecule has 7 heteroatoms. The molecule has 3 aromatic rings. The number of nitrogens with zero attached hydrogens (tertiary/aromatic N) is 5. The van der Waals surface area contributed by atoms with E-state index in [9.17, 15) is 9.18 Å². The number of benzene rings is 1. The Balaban J connectivity index is 1.72. The molecule has 0 aliphatic carbocycles. The first-order valence-electron chi connectivity index (χ1n) is 11.1. The zero-order valence-electron chi connectivity index (χ0n) is 18.7. The fourth-order valence-corrected chi connectivity index (χ4v) is 4.69. The number of carbonyl (C=O) groups is 1. The van der Waals surface area contributed by atoms with Gasteiger partial charge < -0.3 is 4.90 Å². The predicted octanol–water partition coefficient (Wildman–Crippen LogP) is 4.71. The predicted molar refractivity (Wildman–Crippen MR) is 119 cm³/mol. The molecule has 0 fully saturated rings. The zero-order valence-corrected chi connectivity index (χ0v) is 18.7. The van der Waals surface area contributed by atoms with E-state index < -0.39 is 0 Å². The van der Waals surface area contributed by atoms with E-state index >= 15 is 0 Å². The summed E-state index contributed by atoms with van der Waals surface area (Å²) in [4.78, 5) is 15.7. The first-order chi connectivity index (χ1) is 15.0. The van der Waals surface area contributed by atoms with Crippen molar-refractivity contribution in [3.05, 3.63) is 58.9 Å². The van der Waals surface area contributed by atoms with E-state index in [1.54, 1.807) is 18.3 Å². The van der Waals surface area contributed by atoms with Crippen molar-refractivity contribution in [3.63, 3.8) is 0 Å². The molecule has 1 aromatic carbocycles.